The van der Waals surface area contributed by atoms with E-state index in [9.17, 15) is 0 Å². The quantitative estimate of drug-likeness (QED) is 0.495. The Morgan fingerprint density at radius 3 is 2.33 bits per heavy atom. The Morgan fingerprint density at radius 2 is 1.87 bits per heavy atom. The first-order chi connectivity index (χ1) is 7.17. The van der Waals surface area contributed by atoms with Crippen LogP contribution < -0.4 is 0 Å². The molecule has 0 aliphatic heterocycles. The summed E-state index contributed by atoms with van der Waals surface area (Å²) in [6.07, 6.45) is 6.63. The normalized spacial score (nSPS) is 22.7. The van der Waals surface area contributed by atoms with Crippen LogP contribution >= 0.6 is 0 Å². The first kappa shape index (κ1) is 13.0. The van der Waals surface area contributed by atoms with Crippen LogP contribution in [0.3, 0.4) is 0 Å². The van der Waals surface area contributed by atoms with Gasteiger partial charge in [0.15, 0.2) is 8.32 Å². The van der Waals surface area contributed by atoms with Crippen molar-refractivity contribution in [1.29, 1.82) is 0 Å². The largest absolute Gasteiger partial charge is 0.410 e. The number of rotatable bonds is 5. The van der Waals surface area contributed by atoms with Gasteiger partial charge < -0.3 is 4.43 Å². The number of hydrogen-bond donors (Lipinski definition) is 0. The summed E-state index contributed by atoms with van der Waals surface area (Å²) in [4.78, 5) is 0. The van der Waals surface area contributed by atoms with Crippen LogP contribution in [0.25, 0.3) is 0 Å². The van der Waals surface area contributed by atoms with Crippen LogP contribution in [0.4, 0.5) is 0 Å². The zero-order valence-electron chi connectivity index (χ0n) is 10.8. The van der Waals surface area contributed by atoms with E-state index >= 15 is 0 Å². The van der Waals surface area contributed by atoms with Crippen molar-refractivity contribution in [3.05, 3.63) is 11.6 Å². The highest BCUT2D eigenvalue weighted by atomic mass is 28.4. The van der Waals surface area contributed by atoms with E-state index < -0.39 is 8.32 Å². The molecular weight excluding hydrogens is 200 g/mol. The van der Waals surface area contributed by atoms with Gasteiger partial charge in [0.2, 0.25) is 0 Å². The van der Waals surface area contributed by atoms with Gasteiger partial charge in [-0.1, -0.05) is 26.8 Å². The fraction of sp³-hybridized carbons (Fsp3) is 0.846. The molecule has 0 aromatic rings. The molecule has 0 heterocycles. The van der Waals surface area contributed by atoms with Gasteiger partial charge in [-0.25, -0.2) is 0 Å². The third-order valence-electron chi connectivity index (χ3n) is 3.97. The summed E-state index contributed by atoms with van der Waals surface area (Å²) in [5, 5.41) is 0. The van der Waals surface area contributed by atoms with Crippen LogP contribution in [0.2, 0.25) is 18.1 Å². The maximum atomic E-state index is 6.51. The van der Waals surface area contributed by atoms with E-state index in [1.807, 2.05) is 0 Å². The molecule has 0 saturated carbocycles. The van der Waals surface area contributed by atoms with Gasteiger partial charge >= 0.3 is 0 Å². The zero-order valence-corrected chi connectivity index (χ0v) is 11.8. The topological polar surface area (TPSA) is 9.23 Å². The maximum absolute atomic E-state index is 6.51. The molecule has 0 fully saturated rings. The van der Waals surface area contributed by atoms with Crippen LogP contribution in [-0.4, -0.2) is 14.4 Å². The lowest BCUT2D eigenvalue weighted by atomic mass is 9.98. The Morgan fingerprint density at radius 1 is 1.27 bits per heavy atom. The number of hydrogen-bond acceptors (Lipinski definition) is 1. The van der Waals surface area contributed by atoms with E-state index in [4.69, 9.17) is 4.43 Å². The Labute approximate surface area is 96.0 Å². The van der Waals surface area contributed by atoms with Gasteiger partial charge in [-0.05, 0) is 49.9 Å². The molecule has 1 aliphatic carbocycles. The van der Waals surface area contributed by atoms with Gasteiger partial charge in [0.25, 0.3) is 0 Å². The van der Waals surface area contributed by atoms with Crippen molar-refractivity contribution in [3.63, 3.8) is 0 Å². The predicted molar refractivity (Wildman–Crippen MR) is 69.7 cm³/mol. The zero-order chi connectivity index (χ0) is 11.3. The molecule has 0 saturated heterocycles. The minimum absolute atomic E-state index is 0.449. The lowest BCUT2D eigenvalue weighted by molar-refractivity contribution is 0.202. The summed E-state index contributed by atoms with van der Waals surface area (Å²) >= 11 is 0. The maximum Gasteiger partial charge on any atom is 0.192 e. The van der Waals surface area contributed by atoms with Gasteiger partial charge in [-0.3, -0.25) is 0 Å². The minimum atomic E-state index is -1.39. The molecule has 1 nitrogen and oxygen atoms in total. The summed E-state index contributed by atoms with van der Waals surface area (Å²) in [6.45, 7) is 9.16. The Balaban J connectivity index is 2.65. The molecule has 15 heavy (non-hydrogen) atoms. The van der Waals surface area contributed by atoms with Crippen LogP contribution in [0, 0.1) is 0 Å². The molecule has 0 radical (unpaired) electrons. The molecule has 0 unspecified atom stereocenters. The smallest absolute Gasteiger partial charge is 0.192 e. The van der Waals surface area contributed by atoms with Gasteiger partial charge in [-0.2, -0.15) is 0 Å². The van der Waals surface area contributed by atoms with Crippen molar-refractivity contribution < 1.29 is 4.43 Å². The Hall–Kier alpha value is -0.0831. The molecule has 0 aromatic carbocycles. The average Bonchev–Trinajstić information content (AvgIpc) is 2.29. The summed E-state index contributed by atoms with van der Waals surface area (Å²) in [7, 11) is -1.39. The molecular formula is C13H26OSi. The average molecular weight is 226 g/mol. The number of allylic oxidation sites excluding steroid dienone is 1. The highest BCUT2D eigenvalue weighted by Crippen LogP contribution is 2.29. The molecule has 2 heteroatoms. The van der Waals surface area contributed by atoms with E-state index in [1.54, 1.807) is 0 Å². The second-order valence-corrected chi connectivity index (χ2v) is 9.45. The van der Waals surface area contributed by atoms with E-state index in [1.165, 1.54) is 43.0 Å². The highest BCUT2D eigenvalue weighted by Gasteiger charge is 2.32. The van der Waals surface area contributed by atoms with Gasteiger partial charge in [0, 0.05) is 0 Å². The Bertz CT molecular complexity index is 210. The fourth-order valence-electron chi connectivity index (χ4n) is 2.45. The van der Waals surface area contributed by atoms with Crippen LogP contribution in [-0.2, 0) is 4.43 Å². The minimum Gasteiger partial charge on any atom is -0.410 e. The molecule has 0 spiro atoms. The third-order valence-corrected chi connectivity index (χ3v) is 8.62. The summed E-state index contributed by atoms with van der Waals surface area (Å²) < 4.78 is 6.51. The first-order valence-electron chi connectivity index (χ1n) is 6.52. The molecule has 1 rings (SSSR count). The van der Waals surface area contributed by atoms with E-state index in [0.29, 0.717) is 6.10 Å². The van der Waals surface area contributed by atoms with Gasteiger partial charge in [-0.15, -0.1) is 0 Å². The second kappa shape index (κ2) is 5.85. The predicted octanol–water partition coefficient (Wildman–Crippen LogP) is 4.51. The molecule has 1 atom stereocenters. The molecule has 0 aromatic heterocycles. The Kier molecular flexibility index (Phi) is 5.07. The lowest BCUT2D eigenvalue weighted by Gasteiger charge is -2.35. The second-order valence-electron chi connectivity index (χ2n) is 4.73. The molecule has 1 aliphatic rings. The summed E-state index contributed by atoms with van der Waals surface area (Å²) in [5.74, 6) is 0. The van der Waals surface area contributed by atoms with Crippen molar-refractivity contribution in [2.24, 2.45) is 0 Å². The van der Waals surface area contributed by atoms with E-state index in [0.717, 1.165) is 0 Å². The van der Waals surface area contributed by atoms with Crippen molar-refractivity contribution in [3.8, 4) is 0 Å². The molecule has 0 N–H and O–H groups in total. The van der Waals surface area contributed by atoms with Crippen molar-refractivity contribution >= 4 is 8.32 Å². The lowest BCUT2D eigenvalue weighted by Crippen LogP contribution is -2.40. The summed E-state index contributed by atoms with van der Waals surface area (Å²) in [6, 6.07) is 3.80. The summed E-state index contributed by atoms with van der Waals surface area (Å²) in [5.41, 5.74) is 1.48. The van der Waals surface area contributed by atoms with E-state index in [-0.39, 0.29) is 0 Å². The van der Waals surface area contributed by atoms with Crippen LogP contribution in [0.5, 0.6) is 0 Å². The molecule has 0 bridgehead atoms. The highest BCUT2D eigenvalue weighted by molar-refractivity contribution is 6.73. The van der Waals surface area contributed by atoms with Crippen molar-refractivity contribution in [2.75, 3.05) is 0 Å². The third kappa shape index (κ3) is 3.18. The van der Waals surface area contributed by atoms with Crippen LogP contribution in [0.15, 0.2) is 11.6 Å². The monoisotopic (exact) mass is 226 g/mol. The van der Waals surface area contributed by atoms with Gasteiger partial charge in [0.1, 0.15) is 0 Å². The van der Waals surface area contributed by atoms with E-state index in [2.05, 4.69) is 33.8 Å². The van der Waals surface area contributed by atoms with Crippen molar-refractivity contribution in [2.45, 2.75) is 71.2 Å². The van der Waals surface area contributed by atoms with Crippen LogP contribution in [0.1, 0.15) is 47.0 Å². The molecule has 0 amide bonds. The SMILES string of the molecule is CC[Si](CC)(CC)O[C@H]1CCCC=C1C. The van der Waals surface area contributed by atoms with Gasteiger partial charge in [0.05, 0.1) is 6.10 Å². The molecule has 88 valence electrons. The van der Waals surface area contributed by atoms with Crippen molar-refractivity contribution in [1.82, 2.24) is 0 Å². The fourth-order valence-corrected chi connectivity index (χ4v) is 5.35. The standard InChI is InChI=1S/C13H26OSi/c1-5-15(6-2,7-3)14-13-11-9-8-10-12(13)4/h10,13H,5-9,11H2,1-4H3/t13-/m0/s1. The first-order valence-corrected chi connectivity index (χ1v) is 9.05.